The van der Waals surface area contributed by atoms with Gasteiger partial charge in [-0.3, -0.25) is 18.6 Å². The van der Waals surface area contributed by atoms with E-state index in [0.29, 0.717) is 30.3 Å². The lowest BCUT2D eigenvalue weighted by Crippen LogP contribution is -2.37. The van der Waals surface area contributed by atoms with Crippen molar-refractivity contribution in [3.05, 3.63) is 134 Å². The summed E-state index contributed by atoms with van der Waals surface area (Å²) < 4.78 is 34.3. The van der Waals surface area contributed by atoms with Gasteiger partial charge in [-0.15, -0.1) is 0 Å². The van der Waals surface area contributed by atoms with E-state index in [4.69, 9.17) is 18.5 Å². The predicted octanol–water partition coefficient (Wildman–Crippen LogP) is 14.2. The molecular formula is C54H87NO8P+. The summed E-state index contributed by atoms with van der Waals surface area (Å²) in [6, 6.07) is 0. The third-order valence-electron chi connectivity index (χ3n) is 9.18. The largest absolute Gasteiger partial charge is 0.472 e. The van der Waals surface area contributed by atoms with Crippen LogP contribution in [-0.4, -0.2) is 74.9 Å². The Balaban J connectivity index is 4.50. The van der Waals surface area contributed by atoms with Gasteiger partial charge >= 0.3 is 19.8 Å². The van der Waals surface area contributed by atoms with Gasteiger partial charge in [0.1, 0.15) is 19.8 Å². The third kappa shape index (κ3) is 47.6. The Kier molecular flexibility index (Phi) is 41.7. The van der Waals surface area contributed by atoms with Gasteiger partial charge in [0, 0.05) is 12.8 Å². The third-order valence-corrected chi connectivity index (χ3v) is 10.2. The Labute approximate surface area is 390 Å². The van der Waals surface area contributed by atoms with Crippen LogP contribution >= 0.6 is 7.82 Å². The molecule has 0 radical (unpaired) electrons. The lowest BCUT2D eigenvalue weighted by molar-refractivity contribution is -0.870. The first-order chi connectivity index (χ1) is 31.0. The Morgan fingerprint density at radius 3 is 1.28 bits per heavy atom. The molecule has 0 spiro atoms. The van der Waals surface area contributed by atoms with Gasteiger partial charge in [-0.05, 0) is 103 Å². The van der Waals surface area contributed by atoms with Crippen molar-refractivity contribution in [3.8, 4) is 0 Å². The quantitative estimate of drug-likeness (QED) is 0.0212. The van der Waals surface area contributed by atoms with E-state index in [1.807, 2.05) is 27.2 Å². The second kappa shape index (κ2) is 44.4. The van der Waals surface area contributed by atoms with E-state index in [-0.39, 0.29) is 26.1 Å². The molecule has 0 aromatic rings. The fourth-order valence-corrected chi connectivity index (χ4v) is 6.26. The van der Waals surface area contributed by atoms with Crippen molar-refractivity contribution in [1.82, 2.24) is 0 Å². The number of phosphoric acid groups is 1. The van der Waals surface area contributed by atoms with Crippen LogP contribution < -0.4 is 0 Å². The summed E-state index contributed by atoms with van der Waals surface area (Å²) in [4.78, 5) is 35.5. The van der Waals surface area contributed by atoms with Gasteiger partial charge in [-0.25, -0.2) is 4.57 Å². The monoisotopic (exact) mass is 909 g/mol. The maximum atomic E-state index is 12.7. The van der Waals surface area contributed by atoms with Gasteiger partial charge in [-0.1, -0.05) is 160 Å². The molecule has 0 rings (SSSR count). The number of esters is 2. The van der Waals surface area contributed by atoms with Crippen LogP contribution in [0.5, 0.6) is 0 Å². The second-order valence-electron chi connectivity index (χ2n) is 16.4. The molecule has 0 fully saturated rings. The van der Waals surface area contributed by atoms with Gasteiger partial charge in [-0.2, -0.15) is 0 Å². The zero-order valence-corrected chi connectivity index (χ0v) is 41.3. The van der Waals surface area contributed by atoms with Crippen LogP contribution in [0.3, 0.4) is 0 Å². The molecule has 0 bridgehead atoms. The van der Waals surface area contributed by atoms with Gasteiger partial charge in [0.25, 0.3) is 0 Å². The van der Waals surface area contributed by atoms with Crippen molar-refractivity contribution < 1.29 is 42.1 Å². The van der Waals surface area contributed by atoms with E-state index in [9.17, 15) is 19.0 Å². The molecular weight excluding hydrogens is 822 g/mol. The number of allylic oxidation sites excluding steroid dienone is 22. The van der Waals surface area contributed by atoms with Crippen molar-refractivity contribution in [3.63, 3.8) is 0 Å². The highest BCUT2D eigenvalue weighted by Crippen LogP contribution is 2.43. The van der Waals surface area contributed by atoms with Crippen molar-refractivity contribution >= 4 is 19.8 Å². The van der Waals surface area contributed by atoms with Gasteiger partial charge < -0.3 is 18.9 Å². The molecule has 0 aromatic carbocycles. The van der Waals surface area contributed by atoms with Crippen LogP contribution in [0.1, 0.15) is 142 Å². The normalized spacial score (nSPS) is 14.7. The number of ether oxygens (including phenoxy) is 2. The first-order valence-electron chi connectivity index (χ1n) is 23.9. The molecule has 1 N–H and O–H groups in total. The van der Waals surface area contributed by atoms with Crippen LogP contribution in [0.15, 0.2) is 134 Å². The number of quaternary nitrogens is 1. The molecule has 0 saturated carbocycles. The van der Waals surface area contributed by atoms with Crippen LogP contribution in [0.2, 0.25) is 0 Å². The Bertz CT molecular complexity index is 1540. The van der Waals surface area contributed by atoms with E-state index in [1.54, 1.807) is 0 Å². The van der Waals surface area contributed by atoms with Gasteiger partial charge in [0.15, 0.2) is 6.10 Å². The van der Waals surface area contributed by atoms with Crippen molar-refractivity contribution in [2.45, 2.75) is 148 Å². The molecule has 10 heteroatoms. The minimum absolute atomic E-state index is 0.00771. The van der Waals surface area contributed by atoms with E-state index in [0.717, 1.165) is 96.3 Å². The molecule has 0 aliphatic carbocycles. The number of carbonyl (C=O) groups is 2. The standard InChI is InChI=1S/C54H86NO8P/c1-6-8-10-12-14-16-18-20-22-24-25-26-27-28-29-31-33-35-37-39-41-43-45-47-54(57)63-52(51-62-64(58,59)61-49-48-55(3,4)5)50-60-53(56)46-44-42-40-38-36-34-32-30-23-21-19-17-15-13-11-9-7-2/h8-11,14-17,20-23,25-26,28-29,32-35,39,41,52H,6-7,12-13,18-19,24,27,30-31,36-38,40,42-51H2,1-5H3/p+1/b10-8-,11-9-,16-14-,17-15-,22-20-,23-21-,26-25-,29-28-,34-32-,35-33-,41-39-. The molecule has 9 nitrogen and oxygen atoms in total. The topological polar surface area (TPSA) is 108 Å². The lowest BCUT2D eigenvalue weighted by atomic mass is 10.1. The second-order valence-corrected chi connectivity index (χ2v) is 17.8. The average Bonchev–Trinajstić information content (AvgIpc) is 3.25. The molecule has 0 aliphatic rings. The van der Waals surface area contributed by atoms with Gasteiger partial charge in [0.05, 0.1) is 27.7 Å². The summed E-state index contributed by atoms with van der Waals surface area (Å²) in [5.74, 6) is -0.912. The van der Waals surface area contributed by atoms with Crippen LogP contribution in [0, 0.1) is 0 Å². The number of phosphoric ester groups is 1. The molecule has 2 unspecified atom stereocenters. The Morgan fingerprint density at radius 1 is 0.484 bits per heavy atom. The minimum atomic E-state index is -4.41. The number of hydrogen-bond donors (Lipinski definition) is 1. The molecule has 0 amide bonds. The zero-order valence-electron chi connectivity index (χ0n) is 40.4. The molecule has 0 saturated heterocycles. The zero-order chi connectivity index (χ0) is 47.1. The summed E-state index contributed by atoms with van der Waals surface area (Å²) >= 11 is 0. The summed E-state index contributed by atoms with van der Waals surface area (Å²) in [5.41, 5.74) is 0. The highest BCUT2D eigenvalue weighted by atomic mass is 31.2. The maximum Gasteiger partial charge on any atom is 0.472 e. The SMILES string of the molecule is CC/C=C\C/C=C\C/C=C\C/C=C\C/C=C\C/C=C\C/C=C\CCCC(=O)OC(COC(=O)CCCCCC/C=C\C/C=C\C/C=C\C/C=C\CC)COP(=O)(O)OCC[N+](C)(C)C. The number of likely N-dealkylation sites (N-methyl/N-ethyl adjacent to an activating group) is 1. The first-order valence-corrected chi connectivity index (χ1v) is 25.4. The van der Waals surface area contributed by atoms with Crippen molar-refractivity contribution in [2.75, 3.05) is 47.5 Å². The van der Waals surface area contributed by atoms with Crippen molar-refractivity contribution in [1.29, 1.82) is 0 Å². The smallest absolute Gasteiger partial charge is 0.462 e. The molecule has 2 atom stereocenters. The fourth-order valence-electron chi connectivity index (χ4n) is 5.52. The van der Waals surface area contributed by atoms with Gasteiger partial charge in [0.2, 0.25) is 0 Å². The summed E-state index contributed by atoms with van der Waals surface area (Å²) in [7, 11) is 1.40. The number of rotatable bonds is 41. The highest BCUT2D eigenvalue weighted by molar-refractivity contribution is 7.47. The van der Waals surface area contributed by atoms with E-state index in [2.05, 4.69) is 141 Å². The minimum Gasteiger partial charge on any atom is -0.462 e. The van der Waals surface area contributed by atoms with Crippen LogP contribution in [-0.2, 0) is 32.7 Å². The molecule has 0 aromatic heterocycles. The predicted molar refractivity (Wildman–Crippen MR) is 270 cm³/mol. The first kappa shape index (κ1) is 60.2. The molecule has 64 heavy (non-hydrogen) atoms. The molecule has 0 aliphatic heterocycles. The van der Waals surface area contributed by atoms with E-state index in [1.165, 1.54) is 0 Å². The number of nitrogens with zero attached hydrogens (tertiary/aromatic N) is 1. The van der Waals surface area contributed by atoms with Crippen LogP contribution in [0.4, 0.5) is 0 Å². The number of carbonyl (C=O) groups excluding carboxylic acids is 2. The number of hydrogen-bond acceptors (Lipinski definition) is 7. The average molecular weight is 909 g/mol. The summed E-state index contributed by atoms with van der Waals surface area (Å²) in [6.07, 6.45) is 63.7. The summed E-state index contributed by atoms with van der Waals surface area (Å²) in [5, 5.41) is 0. The van der Waals surface area contributed by atoms with Crippen LogP contribution in [0.25, 0.3) is 0 Å². The summed E-state index contributed by atoms with van der Waals surface area (Å²) in [6.45, 7) is 4.06. The Hall–Kier alpha value is -3.85. The maximum absolute atomic E-state index is 12.7. The number of unbranched alkanes of at least 4 members (excludes halogenated alkanes) is 5. The lowest BCUT2D eigenvalue weighted by Gasteiger charge is -2.24. The molecule has 0 heterocycles. The highest BCUT2D eigenvalue weighted by Gasteiger charge is 2.27. The van der Waals surface area contributed by atoms with E-state index < -0.39 is 32.5 Å². The van der Waals surface area contributed by atoms with E-state index >= 15 is 0 Å². The van der Waals surface area contributed by atoms with Crippen molar-refractivity contribution in [2.24, 2.45) is 0 Å². The Morgan fingerprint density at radius 2 is 0.859 bits per heavy atom. The molecule has 360 valence electrons. The fraction of sp³-hybridized carbons (Fsp3) is 0.556.